The molecule has 0 aliphatic rings. The molecule has 1 heterocycles. The van der Waals surface area contributed by atoms with Gasteiger partial charge in [0.1, 0.15) is 0 Å². The maximum Gasteiger partial charge on any atom is 0.0409 e. The fourth-order valence-corrected chi connectivity index (χ4v) is 2.02. The van der Waals surface area contributed by atoms with E-state index in [1.807, 2.05) is 24.4 Å². The van der Waals surface area contributed by atoms with Crippen molar-refractivity contribution in [1.82, 2.24) is 10.3 Å². The Labute approximate surface area is 113 Å². The standard InChI is InChI=1S/C15H17ClN2/c1-11(2)18-10-13-8-14(16)5-6-15(13)12-4-3-7-17-9-12/h3-9,11,18H,10H2,1-2H3. The van der Waals surface area contributed by atoms with Crippen molar-refractivity contribution in [2.24, 2.45) is 0 Å². The van der Waals surface area contributed by atoms with Crippen molar-refractivity contribution in [3.05, 3.63) is 53.3 Å². The maximum atomic E-state index is 6.08. The van der Waals surface area contributed by atoms with E-state index in [2.05, 4.69) is 36.3 Å². The number of rotatable bonds is 4. The topological polar surface area (TPSA) is 24.9 Å². The van der Waals surface area contributed by atoms with E-state index in [0.717, 1.165) is 17.1 Å². The molecule has 0 atom stereocenters. The summed E-state index contributed by atoms with van der Waals surface area (Å²) in [6.07, 6.45) is 3.66. The third-order valence-corrected chi connectivity index (χ3v) is 2.98. The first kappa shape index (κ1) is 13.1. The first-order chi connectivity index (χ1) is 8.66. The number of benzene rings is 1. The highest BCUT2D eigenvalue weighted by atomic mass is 35.5. The molecule has 1 N–H and O–H groups in total. The normalized spacial score (nSPS) is 10.9. The predicted molar refractivity (Wildman–Crippen MR) is 76.7 cm³/mol. The molecule has 3 heteroatoms. The summed E-state index contributed by atoms with van der Waals surface area (Å²) in [7, 11) is 0. The first-order valence-electron chi connectivity index (χ1n) is 6.09. The van der Waals surface area contributed by atoms with Crippen molar-refractivity contribution in [2.75, 3.05) is 0 Å². The Morgan fingerprint density at radius 3 is 2.78 bits per heavy atom. The van der Waals surface area contributed by atoms with Crippen LogP contribution in [-0.2, 0) is 6.54 Å². The van der Waals surface area contributed by atoms with Crippen LogP contribution in [0.2, 0.25) is 5.02 Å². The number of pyridine rings is 1. The van der Waals surface area contributed by atoms with Crippen LogP contribution in [0, 0.1) is 0 Å². The van der Waals surface area contributed by atoms with Crippen LogP contribution in [0.5, 0.6) is 0 Å². The van der Waals surface area contributed by atoms with Crippen molar-refractivity contribution in [3.8, 4) is 11.1 Å². The van der Waals surface area contributed by atoms with E-state index >= 15 is 0 Å². The van der Waals surface area contributed by atoms with Gasteiger partial charge in [-0.2, -0.15) is 0 Å². The van der Waals surface area contributed by atoms with Crippen LogP contribution >= 0.6 is 11.6 Å². The monoisotopic (exact) mass is 260 g/mol. The Balaban J connectivity index is 2.35. The second-order valence-corrected chi connectivity index (χ2v) is 5.02. The fraction of sp³-hybridized carbons (Fsp3) is 0.267. The fourth-order valence-electron chi connectivity index (χ4n) is 1.83. The van der Waals surface area contributed by atoms with Gasteiger partial charge in [-0.25, -0.2) is 0 Å². The molecule has 0 spiro atoms. The summed E-state index contributed by atoms with van der Waals surface area (Å²) < 4.78 is 0. The van der Waals surface area contributed by atoms with E-state index in [1.54, 1.807) is 6.20 Å². The molecule has 0 radical (unpaired) electrons. The Morgan fingerprint density at radius 1 is 1.28 bits per heavy atom. The molecule has 1 aromatic carbocycles. The molecule has 2 rings (SSSR count). The van der Waals surface area contributed by atoms with E-state index in [1.165, 1.54) is 11.1 Å². The zero-order valence-electron chi connectivity index (χ0n) is 10.7. The molecule has 2 nitrogen and oxygen atoms in total. The minimum absolute atomic E-state index is 0.450. The zero-order chi connectivity index (χ0) is 13.0. The lowest BCUT2D eigenvalue weighted by molar-refractivity contribution is 0.589. The number of hydrogen-bond acceptors (Lipinski definition) is 2. The number of nitrogens with one attached hydrogen (secondary N) is 1. The van der Waals surface area contributed by atoms with E-state index in [9.17, 15) is 0 Å². The van der Waals surface area contributed by atoms with E-state index in [4.69, 9.17) is 11.6 Å². The van der Waals surface area contributed by atoms with Gasteiger partial charge in [-0.05, 0) is 29.3 Å². The van der Waals surface area contributed by atoms with E-state index in [-0.39, 0.29) is 0 Å². The van der Waals surface area contributed by atoms with Gasteiger partial charge in [-0.15, -0.1) is 0 Å². The Kier molecular flexibility index (Phi) is 4.34. The molecule has 18 heavy (non-hydrogen) atoms. The van der Waals surface area contributed by atoms with Gasteiger partial charge in [0.05, 0.1) is 0 Å². The third kappa shape index (κ3) is 3.31. The van der Waals surface area contributed by atoms with Gasteiger partial charge in [-0.1, -0.05) is 37.6 Å². The summed E-state index contributed by atoms with van der Waals surface area (Å²) in [5.74, 6) is 0. The summed E-state index contributed by atoms with van der Waals surface area (Å²) in [6, 6.07) is 10.4. The Bertz CT molecular complexity index is 509. The van der Waals surface area contributed by atoms with Gasteiger partial charge in [0.15, 0.2) is 0 Å². The lowest BCUT2D eigenvalue weighted by Gasteiger charge is -2.13. The van der Waals surface area contributed by atoms with Gasteiger partial charge in [0.2, 0.25) is 0 Å². The predicted octanol–water partition coefficient (Wildman–Crippen LogP) is 3.90. The molecule has 0 fully saturated rings. The summed E-state index contributed by atoms with van der Waals surface area (Å²) in [5.41, 5.74) is 3.50. The van der Waals surface area contributed by atoms with E-state index < -0.39 is 0 Å². The Morgan fingerprint density at radius 2 is 2.11 bits per heavy atom. The van der Waals surface area contributed by atoms with Crippen LogP contribution in [0.25, 0.3) is 11.1 Å². The average Bonchev–Trinajstić information content (AvgIpc) is 2.37. The molecule has 2 aromatic rings. The molecule has 94 valence electrons. The first-order valence-corrected chi connectivity index (χ1v) is 6.47. The van der Waals surface area contributed by atoms with E-state index in [0.29, 0.717) is 6.04 Å². The molecule has 0 aliphatic heterocycles. The minimum Gasteiger partial charge on any atom is -0.310 e. The van der Waals surface area contributed by atoms with Crippen LogP contribution in [0.15, 0.2) is 42.7 Å². The quantitative estimate of drug-likeness (QED) is 0.902. The highest BCUT2D eigenvalue weighted by Gasteiger charge is 2.06. The number of nitrogens with zero attached hydrogens (tertiary/aromatic N) is 1. The van der Waals surface area contributed by atoms with Gasteiger partial charge < -0.3 is 5.32 Å². The third-order valence-electron chi connectivity index (χ3n) is 2.74. The van der Waals surface area contributed by atoms with Crippen molar-refractivity contribution < 1.29 is 0 Å². The van der Waals surface area contributed by atoms with Crippen LogP contribution in [0.1, 0.15) is 19.4 Å². The van der Waals surface area contributed by atoms with Gasteiger partial charge >= 0.3 is 0 Å². The molecule has 0 bridgehead atoms. The second-order valence-electron chi connectivity index (χ2n) is 4.58. The summed E-state index contributed by atoms with van der Waals surface area (Å²) >= 11 is 6.08. The Hall–Kier alpha value is -1.38. The van der Waals surface area contributed by atoms with Crippen LogP contribution < -0.4 is 5.32 Å². The summed E-state index contributed by atoms with van der Waals surface area (Å²) in [6.45, 7) is 5.07. The van der Waals surface area contributed by atoms with Crippen LogP contribution in [0.4, 0.5) is 0 Å². The highest BCUT2D eigenvalue weighted by Crippen LogP contribution is 2.25. The zero-order valence-corrected chi connectivity index (χ0v) is 11.4. The second kappa shape index (κ2) is 5.98. The smallest absolute Gasteiger partial charge is 0.0409 e. The molecule has 0 aliphatic carbocycles. The number of hydrogen-bond donors (Lipinski definition) is 1. The average molecular weight is 261 g/mol. The minimum atomic E-state index is 0.450. The number of halogens is 1. The lowest BCUT2D eigenvalue weighted by Crippen LogP contribution is -2.22. The number of aromatic nitrogens is 1. The molecule has 0 saturated heterocycles. The lowest BCUT2D eigenvalue weighted by atomic mass is 10.0. The molecular formula is C15H17ClN2. The van der Waals surface area contributed by atoms with Crippen molar-refractivity contribution in [1.29, 1.82) is 0 Å². The van der Waals surface area contributed by atoms with Crippen molar-refractivity contribution >= 4 is 11.6 Å². The SMILES string of the molecule is CC(C)NCc1cc(Cl)ccc1-c1cccnc1. The van der Waals surface area contributed by atoms with Gasteiger partial charge in [0, 0.05) is 35.6 Å². The van der Waals surface area contributed by atoms with Crippen molar-refractivity contribution in [2.45, 2.75) is 26.4 Å². The van der Waals surface area contributed by atoms with Gasteiger partial charge in [0.25, 0.3) is 0 Å². The molecular weight excluding hydrogens is 244 g/mol. The van der Waals surface area contributed by atoms with Gasteiger partial charge in [-0.3, -0.25) is 4.98 Å². The molecule has 0 saturated carbocycles. The molecule has 0 unspecified atom stereocenters. The van der Waals surface area contributed by atoms with Crippen LogP contribution in [0.3, 0.4) is 0 Å². The molecule has 0 amide bonds. The highest BCUT2D eigenvalue weighted by molar-refractivity contribution is 6.30. The van der Waals surface area contributed by atoms with Crippen LogP contribution in [-0.4, -0.2) is 11.0 Å². The molecule has 1 aromatic heterocycles. The largest absolute Gasteiger partial charge is 0.310 e. The summed E-state index contributed by atoms with van der Waals surface area (Å²) in [5, 5.41) is 4.19. The summed E-state index contributed by atoms with van der Waals surface area (Å²) in [4.78, 5) is 4.17. The maximum absolute atomic E-state index is 6.08. The van der Waals surface area contributed by atoms with Crippen molar-refractivity contribution in [3.63, 3.8) is 0 Å².